The van der Waals surface area contributed by atoms with Crippen LogP contribution in [0.15, 0.2) is 0 Å². The molecule has 1 atom stereocenters. The van der Waals surface area contributed by atoms with Gasteiger partial charge in [-0.15, -0.1) is 0 Å². The van der Waals surface area contributed by atoms with Gasteiger partial charge >= 0.3 is 0 Å². The van der Waals surface area contributed by atoms with Crippen LogP contribution in [0.5, 0.6) is 0 Å². The zero-order chi connectivity index (χ0) is 5.70. The Morgan fingerprint density at radius 3 is 2.57 bits per heavy atom. The Balaban J connectivity index is 2.83. The number of likely N-dealkylation sites (N-methyl/N-ethyl adjacent to an activating group) is 1. The number of halogens is 1. The van der Waals surface area contributed by atoms with Crippen LogP contribution in [-0.2, 0) is 0 Å². The van der Waals surface area contributed by atoms with E-state index in [4.69, 9.17) is 5.11 Å². The summed E-state index contributed by atoms with van der Waals surface area (Å²) >= 11 is 2.15. The molecule has 7 heavy (non-hydrogen) atoms. The Labute approximate surface area is 57.4 Å². The molecule has 0 saturated carbocycles. The minimum atomic E-state index is -0.175. The molecule has 0 aliphatic carbocycles. The highest BCUT2D eigenvalue weighted by atomic mass is 127. The summed E-state index contributed by atoms with van der Waals surface area (Å²) in [6.45, 7) is 0.697. The number of aliphatic hydroxyl groups is 1. The molecule has 0 spiro atoms. The maximum atomic E-state index is 8.79. The van der Waals surface area contributed by atoms with Crippen LogP contribution in [0.25, 0.3) is 0 Å². The molecule has 2 nitrogen and oxygen atoms in total. The minimum absolute atomic E-state index is 0.175. The average Bonchev–Trinajstić information content (AvgIpc) is 1.68. The number of nitrogens with one attached hydrogen (secondary N) is 1. The molecular weight excluding hydrogens is 205 g/mol. The lowest BCUT2D eigenvalue weighted by Gasteiger charge is -2.02. The topological polar surface area (TPSA) is 32.3 Å². The fraction of sp³-hybridized carbons (Fsp3) is 1.00. The second-order valence-corrected chi connectivity index (χ2v) is 2.25. The molecule has 0 amide bonds. The smallest absolute Gasteiger partial charge is 0.0753 e. The fourth-order valence-corrected chi connectivity index (χ4v) is 0.602. The summed E-state index contributed by atoms with van der Waals surface area (Å²) < 4.78 is 0.804. The van der Waals surface area contributed by atoms with Gasteiger partial charge in [-0.1, -0.05) is 22.6 Å². The van der Waals surface area contributed by atoms with Gasteiger partial charge in [-0.3, -0.25) is 0 Å². The highest BCUT2D eigenvalue weighted by Crippen LogP contribution is 1.86. The summed E-state index contributed by atoms with van der Waals surface area (Å²) in [5, 5.41) is 11.7. The molecule has 0 bridgehead atoms. The number of aliphatic hydroxyl groups excluding tert-OH is 1. The zero-order valence-electron chi connectivity index (χ0n) is 4.32. The van der Waals surface area contributed by atoms with E-state index in [-0.39, 0.29) is 6.10 Å². The number of hydrogen-bond acceptors (Lipinski definition) is 2. The van der Waals surface area contributed by atoms with Crippen molar-refractivity contribution in [2.45, 2.75) is 6.10 Å². The molecule has 0 aromatic heterocycles. The van der Waals surface area contributed by atoms with Crippen LogP contribution >= 0.6 is 22.6 Å². The summed E-state index contributed by atoms with van der Waals surface area (Å²) in [6, 6.07) is 0. The number of alkyl halides is 1. The summed E-state index contributed by atoms with van der Waals surface area (Å²) in [6.07, 6.45) is -0.175. The van der Waals surface area contributed by atoms with Crippen molar-refractivity contribution in [2.24, 2.45) is 0 Å². The van der Waals surface area contributed by atoms with Crippen LogP contribution in [0.1, 0.15) is 0 Å². The van der Waals surface area contributed by atoms with E-state index in [1.165, 1.54) is 0 Å². The third-order valence-corrected chi connectivity index (χ3v) is 1.63. The molecular formula is C4H10INO. The van der Waals surface area contributed by atoms with Crippen LogP contribution in [0.2, 0.25) is 0 Å². The summed E-state index contributed by atoms with van der Waals surface area (Å²) in [4.78, 5) is 0. The minimum Gasteiger partial charge on any atom is -0.391 e. The Morgan fingerprint density at radius 1 is 1.86 bits per heavy atom. The van der Waals surface area contributed by atoms with Gasteiger partial charge in [0.15, 0.2) is 0 Å². The average molecular weight is 215 g/mol. The molecule has 0 aromatic carbocycles. The molecule has 0 aliphatic rings. The van der Waals surface area contributed by atoms with Gasteiger partial charge < -0.3 is 10.4 Å². The SMILES string of the molecule is CNCC(O)CI. The van der Waals surface area contributed by atoms with Crippen molar-refractivity contribution in [1.29, 1.82) is 0 Å². The maximum Gasteiger partial charge on any atom is 0.0753 e. The third-order valence-electron chi connectivity index (χ3n) is 0.618. The van der Waals surface area contributed by atoms with Crippen molar-refractivity contribution in [3.8, 4) is 0 Å². The van der Waals surface area contributed by atoms with Crippen molar-refractivity contribution >= 4 is 22.6 Å². The van der Waals surface area contributed by atoms with Crippen molar-refractivity contribution in [3.05, 3.63) is 0 Å². The summed E-state index contributed by atoms with van der Waals surface area (Å²) in [5.41, 5.74) is 0. The molecule has 0 rings (SSSR count). The quantitative estimate of drug-likeness (QED) is 0.513. The second kappa shape index (κ2) is 4.80. The summed E-state index contributed by atoms with van der Waals surface area (Å²) in [5.74, 6) is 0. The van der Waals surface area contributed by atoms with Gasteiger partial charge in [0.05, 0.1) is 6.10 Å². The fourth-order valence-electron chi connectivity index (χ4n) is 0.290. The Hall–Kier alpha value is 0.650. The standard InChI is InChI=1S/C4H10INO/c1-6-3-4(7)2-5/h4,6-7H,2-3H2,1H3. The van der Waals surface area contributed by atoms with Crippen LogP contribution in [0.4, 0.5) is 0 Å². The molecule has 1 unspecified atom stereocenters. The van der Waals surface area contributed by atoms with Crippen LogP contribution < -0.4 is 5.32 Å². The molecule has 0 saturated heterocycles. The monoisotopic (exact) mass is 215 g/mol. The molecule has 2 N–H and O–H groups in total. The molecule has 44 valence electrons. The van der Waals surface area contributed by atoms with Gasteiger partial charge in [0.25, 0.3) is 0 Å². The first-order valence-corrected chi connectivity index (χ1v) is 3.72. The molecule has 0 fully saturated rings. The van der Waals surface area contributed by atoms with E-state index in [1.807, 2.05) is 7.05 Å². The van der Waals surface area contributed by atoms with Crippen molar-refractivity contribution in [3.63, 3.8) is 0 Å². The van der Waals surface area contributed by atoms with Gasteiger partial charge in [-0.25, -0.2) is 0 Å². The Bertz CT molecular complexity index is 42.7. The Morgan fingerprint density at radius 2 is 2.43 bits per heavy atom. The largest absolute Gasteiger partial charge is 0.391 e. The molecule has 0 aromatic rings. The van der Waals surface area contributed by atoms with Gasteiger partial charge in [-0.05, 0) is 7.05 Å². The zero-order valence-corrected chi connectivity index (χ0v) is 6.47. The number of hydrogen-bond donors (Lipinski definition) is 2. The van der Waals surface area contributed by atoms with Crippen LogP contribution in [0, 0.1) is 0 Å². The first kappa shape index (κ1) is 7.65. The van der Waals surface area contributed by atoms with E-state index in [1.54, 1.807) is 0 Å². The van der Waals surface area contributed by atoms with Crippen LogP contribution in [0.3, 0.4) is 0 Å². The molecule has 3 heteroatoms. The van der Waals surface area contributed by atoms with Gasteiger partial charge in [0, 0.05) is 11.0 Å². The Kier molecular flexibility index (Phi) is 5.25. The maximum absolute atomic E-state index is 8.79. The van der Waals surface area contributed by atoms with Gasteiger partial charge in [-0.2, -0.15) is 0 Å². The lowest BCUT2D eigenvalue weighted by molar-refractivity contribution is 0.202. The lowest BCUT2D eigenvalue weighted by atomic mass is 10.4. The predicted octanol–water partition coefficient (Wildman–Crippen LogP) is 0.00170. The van der Waals surface area contributed by atoms with E-state index < -0.39 is 0 Å². The normalized spacial score (nSPS) is 14.1. The van der Waals surface area contributed by atoms with Crippen molar-refractivity contribution in [2.75, 3.05) is 18.0 Å². The molecule has 0 radical (unpaired) electrons. The number of rotatable bonds is 3. The van der Waals surface area contributed by atoms with E-state index in [9.17, 15) is 0 Å². The van der Waals surface area contributed by atoms with E-state index in [0.717, 1.165) is 4.43 Å². The highest BCUT2D eigenvalue weighted by molar-refractivity contribution is 14.1. The van der Waals surface area contributed by atoms with E-state index in [2.05, 4.69) is 27.9 Å². The predicted molar refractivity (Wildman–Crippen MR) is 38.8 cm³/mol. The van der Waals surface area contributed by atoms with Crippen molar-refractivity contribution < 1.29 is 5.11 Å². The van der Waals surface area contributed by atoms with Gasteiger partial charge in [0.2, 0.25) is 0 Å². The highest BCUT2D eigenvalue weighted by Gasteiger charge is 1.95. The lowest BCUT2D eigenvalue weighted by Crippen LogP contribution is -2.24. The second-order valence-electron chi connectivity index (χ2n) is 1.37. The first-order chi connectivity index (χ1) is 3.31. The van der Waals surface area contributed by atoms with Crippen LogP contribution in [-0.4, -0.2) is 29.2 Å². The van der Waals surface area contributed by atoms with Crippen molar-refractivity contribution in [1.82, 2.24) is 5.32 Å². The molecule has 0 aliphatic heterocycles. The third kappa shape index (κ3) is 4.50. The van der Waals surface area contributed by atoms with Gasteiger partial charge in [0.1, 0.15) is 0 Å². The summed E-state index contributed by atoms with van der Waals surface area (Å²) in [7, 11) is 1.83. The first-order valence-electron chi connectivity index (χ1n) is 2.20. The molecule has 0 heterocycles. The van der Waals surface area contributed by atoms with E-state index in [0.29, 0.717) is 6.54 Å². The van der Waals surface area contributed by atoms with E-state index >= 15 is 0 Å².